The first kappa shape index (κ1) is 13.7. The second-order valence-corrected chi connectivity index (χ2v) is 6.30. The number of aryl methyl sites for hydroxylation is 1. The van der Waals surface area contributed by atoms with E-state index in [2.05, 4.69) is 14.4 Å². The number of hydrogen-bond acceptors (Lipinski definition) is 4. The number of nitrogens with zero attached hydrogens (tertiary/aromatic N) is 3. The zero-order valence-corrected chi connectivity index (χ0v) is 13.2. The average molecular weight is 320 g/mol. The summed E-state index contributed by atoms with van der Waals surface area (Å²) < 4.78 is 7.23. The molecular formula is C18H16N4O2. The van der Waals surface area contributed by atoms with Crippen molar-refractivity contribution in [1.29, 1.82) is 0 Å². The van der Waals surface area contributed by atoms with Gasteiger partial charge in [-0.25, -0.2) is 9.97 Å². The number of benzene rings is 1. The Morgan fingerprint density at radius 2 is 1.96 bits per heavy atom. The Morgan fingerprint density at radius 1 is 1.17 bits per heavy atom. The molecule has 1 fully saturated rings. The van der Waals surface area contributed by atoms with E-state index in [-0.39, 0.29) is 0 Å². The summed E-state index contributed by atoms with van der Waals surface area (Å²) in [5, 5.41) is 10.4. The van der Waals surface area contributed by atoms with Crippen LogP contribution in [0.5, 0.6) is 0 Å². The zero-order valence-electron chi connectivity index (χ0n) is 13.2. The van der Waals surface area contributed by atoms with Crippen molar-refractivity contribution in [3.63, 3.8) is 0 Å². The summed E-state index contributed by atoms with van der Waals surface area (Å²) in [6.07, 6.45) is 3.72. The lowest BCUT2D eigenvalue weighted by Gasteiger charge is -2.36. The Kier molecular flexibility index (Phi) is 2.66. The molecule has 1 saturated heterocycles. The molecule has 0 aliphatic carbocycles. The first-order valence-corrected chi connectivity index (χ1v) is 7.88. The van der Waals surface area contributed by atoms with Gasteiger partial charge in [-0.1, -0.05) is 24.3 Å². The lowest BCUT2D eigenvalue weighted by molar-refractivity contribution is -0.184. The topological polar surface area (TPSA) is 75.4 Å². The maximum Gasteiger partial charge on any atom is 0.154 e. The highest BCUT2D eigenvalue weighted by molar-refractivity contribution is 5.84. The van der Waals surface area contributed by atoms with Crippen LogP contribution in [0.15, 0.2) is 42.7 Å². The van der Waals surface area contributed by atoms with Gasteiger partial charge in [0.25, 0.3) is 0 Å². The molecule has 1 aliphatic heterocycles. The third-order valence-corrected chi connectivity index (χ3v) is 4.72. The van der Waals surface area contributed by atoms with Crippen molar-refractivity contribution < 1.29 is 9.84 Å². The Morgan fingerprint density at radius 3 is 2.67 bits per heavy atom. The van der Waals surface area contributed by atoms with E-state index >= 15 is 0 Å². The molecule has 1 aliphatic rings. The number of rotatable bonds is 2. The van der Waals surface area contributed by atoms with E-state index in [1.165, 1.54) is 0 Å². The van der Waals surface area contributed by atoms with Crippen LogP contribution in [0, 0.1) is 6.92 Å². The first-order valence-electron chi connectivity index (χ1n) is 7.88. The van der Waals surface area contributed by atoms with Gasteiger partial charge in [0, 0.05) is 11.8 Å². The van der Waals surface area contributed by atoms with Crippen LogP contribution in [-0.4, -0.2) is 37.7 Å². The van der Waals surface area contributed by atoms with Gasteiger partial charge in [0.1, 0.15) is 11.4 Å². The van der Waals surface area contributed by atoms with Gasteiger partial charge in [0.15, 0.2) is 5.65 Å². The van der Waals surface area contributed by atoms with Crippen LogP contribution >= 0.6 is 0 Å². The lowest BCUT2D eigenvalue weighted by Crippen LogP contribution is -2.46. The summed E-state index contributed by atoms with van der Waals surface area (Å²) in [5.41, 5.74) is 4.76. The largest absolute Gasteiger partial charge is 0.380 e. The van der Waals surface area contributed by atoms with Gasteiger partial charge >= 0.3 is 0 Å². The second-order valence-electron chi connectivity index (χ2n) is 6.30. The van der Waals surface area contributed by atoms with Crippen LogP contribution in [0.25, 0.3) is 27.9 Å². The van der Waals surface area contributed by atoms with Gasteiger partial charge in [-0.2, -0.15) is 0 Å². The summed E-state index contributed by atoms with van der Waals surface area (Å²) in [6, 6.07) is 9.88. The molecule has 0 unspecified atom stereocenters. The Labute approximate surface area is 137 Å². The lowest BCUT2D eigenvalue weighted by atomic mass is 9.91. The predicted molar refractivity (Wildman–Crippen MR) is 89.7 cm³/mol. The summed E-state index contributed by atoms with van der Waals surface area (Å²) in [4.78, 5) is 12.3. The third-order valence-electron chi connectivity index (χ3n) is 4.72. The highest BCUT2D eigenvalue weighted by Gasteiger charge is 2.37. The maximum atomic E-state index is 10.4. The van der Waals surface area contributed by atoms with E-state index < -0.39 is 5.60 Å². The number of fused-ring (bicyclic) bond motifs is 3. The molecule has 120 valence electrons. The van der Waals surface area contributed by atoms with Crippen molar-refractivity contribution in [3.05, 3.63) is 54.1 Å². The van der Waals surface area contributed by atoms with Gasteiger partial charge in [0.2, 0.25) is 0 Å². The van der Waals surface area contributed by atoms with Crippen LogP contribution in [0.2, 0.25) is 0 Å². The molecule has 2 N–H and O–H groups in total. The van der Waals surface area contributed by atoms with Crippen molar-refractivity contribution in [3.8, 4) is 11.3 Å². The fourth-order valence-corrected chi connectivity index (χ4v) is 3.35. The smallest absolute Gasteiger partial charge is 0.154 e. The fraction of sp³-hybridized carbons (Fsp3) is 0.222. The SMILES string of the molecule is Cc1nc(-c2ccc(C3(O)COC3)cc2)c2cnc3[nH]ccc3n12. The standard InChI is InChI=1S/C18H16N4O2/c1-11-21-16(15-8-20-17-14(22(11)15)6-7-19-17)12-2-4-13(5-3-12)18(23)9-24-10-18/h2-8,19,23H,9-10H2,1H3. The molecule has 6 heteroatoms. The van der Waals surface area contributed by atoms with E-state index in [4.69, 9.17) is 9.72 Å². The first-order chi connectivity index (χ1) is 11.7. The summed E-state index contributed by atoms with van der Waals surface area (Å²) in [7, 11) is 0. The van der Waals surface area contributed by atoms with Crippen molar-refractivity contribution in [1.82, 2.24) is 19.4 Å². The average Bonchev–Trinajstić information content (AvgIpc) is 3.17. The molecular weight excluding hydrogens is 304 g/mol. The van der Waals surface area contributed by atoms with Crippen LogP contribution in [-0.2, 0) is 10.3 Å². The van der Waals surface area contributed by atoms with Crippen molar-refractivity contribution in [2.75, 3.05) is 13.2 Å². The highest BCUT2D eigenvalue weighted by Crippen LogP contribution is 2.32. The van der Waals surface area contributed by atoms with Crippen molar-refractivity contribution in [2.45, 2.75) is 12.5 Å². The van der Waals surface area contributed by atoms with Gasteiger partial charge in [0.05, 0.1) is 36.1 Å². The Balaban J connectivity index is 1.66. The minimum absolute atomic E-state index is 0.355. The molecule has 24 heavy (non-hydrogen) atoms. The van der Waals surface area contributed by atoms with E-state index in [0.717, 1.165) is 39.3 Å². The summed E-state index contributed by atoms with van der Waals surface area (Å²) in [6.45, 7) is 2.70. The normalized spacial score (nSPS) is 16.6. The molecule has 4 aromatic rings. The number of nitrogens with one attached hydrogen (secondary N) is 1. The third kappa shape index (κ3) is 1.78. The molecule has 0 amide bonds. The minimum atomic E-state index is -0.844. The quantitative estimate of drug-likeness (QED) is 0.595. The highest BCUT2D eigenvalue weighted by atomic mass is 16.5. The van der Waals surface area contributed by atoms with E-state index in [1.807, 2.05) is 49.6 Å². The number of hydrogen-bond donors (Lipinski definition) is 2. The number of ether oxygens (including phenoxy) is 1. The predicted octanol–water partition coefficient (Wildman–Crippen LogP) is 2.40. The molecule has 6 nitrogen and oxygen atoms in total. The molecule has 0 atom stereocenters. The molecule has 1 aromatic carbocycles. The van der Waals surface area contributed by atoms with Crippen LogP contribution in [0.3, 0.4) is 0 Å². The van der Waals surface area contributed by atoms with Gasteiger partial charge in [-0.15, -0.1) is 0 Å². The molecule has 5 rings (SSSR count). The molecule has 0 spiro atoms. The monoisotopic (exact) mass is 320 g/mol. The number of aliphatic hydroxyl groups is 1. The molecule has 0 radical (unpaired) electrons. The van der Waals surface area contributed by atoms with Crippen molar-refractivity contribution in [2.24, 2.45) is 0 Å². The van der Waals surface area contributed by atoms with Gasteiger partial charge < -0.3 is 14.8 Å². The Bertz CT molecular complexity index is 1060. The number of H-pyrrole nitrogens is 1. The van der Waals surface area contributed by atoms with Gasteiger partial charge in [-0.3, -0.25) is 4.40 Å². The second kappa shape index (κ2) is 4.66. The molecule has 0 saturated carbocycles. The van der Waals surface area contributed by atoms with Crippen LogP contribution < -0.4 is 0 Å². The van der Waals surface area contributed by atoms with Crippen molar-refractivity contribution >= 4 is 16.7 Å². The van der Waals surface area contributed by atoms with E-state index in [0.29, 0.717) is 13.2 Å². The Hall–Kier alpha value is -2.70. The zero-order chi connectivity index (χ0) is 16.3. The molecule has 0 bridgehead atoms. The van der Waals surface area contributed by atoms with Crippen LogP contribution in [0.1, 0.15) is 11.4 Å². The van der Waals surface area contributed by atoms with E-state index in [1.54, 1.807) is 0 Å². The number of aromatic nitrogens is 4. The van der Waals surface area contributed by atoms with Gasteiger partial charge in [-0.05, 0) is 18.6 Å². The number of imidazole rings is 1. The summed E-state index contributed by atoms with van der Waals surface area (Å²) >= 11 is 0. The molecule has 3 aromatic heterocycles. The maximum absolute atomic E-state index is 10.4. The van der Waals surface area contributed by atoms with Crippen LogP contribution in [0.4, 0.5) is 0 Å². The fourth-order valence-electron chi connectivity index (χ4n) is 3.35. The van der Waals surface area contributed by atoms with E-state index in [9.17, 15) is 5.11 Å². The molecule has 4 heterocycles. The summed E-state index contributed by atoms with van der Waals surface area (Å²) in [5.74, 6) is 0.919. The minimum Gasteiger partial charge on any atom is -0.380 e. The number of aromatic amines is 1.